The summed E-state index contributed by atoms with van der Waals surface area (Å²) in [6.07, 6.45) is -0.0148. The number of hydrogen-bond acceptors (Lipinski definition) is 3. The smallest absolute Gasteiger partial charge is 0.0870 e. The molecule has 80 valence electrons. The topological polar surface area (TPSA) is 67.2 Å². The molecular weight excluding hydrogens is 182 g/mol. The van der Waals surface area contributed by atoms with Crippen LogP contribution in [0, 0.1) is 5.41 Å². The van der Waals surface area contributed by atoms with Crippen LogP contribution < -0.4 is 0 Å². The van der Waals surface area contributed by atoms with Crippen LogP contribution in [-0.4, -0.2) is 32.0 Å². The van der Waals surface area contributed by atoms with Gasteiger partial charge in [-0.15, -0.1) is 0 Å². The highest BCUT2D eigenvalue weighted by molar-refractivity contribution is 4.79. The summed E-state index contributed by atoms with van der Waals surface area (Å²) in [4.78, 5) is 2.71. The van der Waals surface area contributed by atoms with Crippen LogP contribution in [0.2, 0.25) is 0 Å². The van der Waals surface area contributed by atoms with E-state index in [2.05, 4.69) is 30.8 Å². The second-order valence-electron chi connectivity index (χ2n) is 4.56. The fourth-order valence-corrected chi connectivity index (χ4v) is 1.29. The van der Waals surface area contributed by atoms with Crippen molar-refractivity contribution in [2.75, 3.05) is 19.8 Å². The van der Waals surface area contributed by atoms with Crippen LogP contribution in [-0.2, 0) is 9.47 Å². The Morgan fingerprint density at radius 1 is 1.43 bits per heavy atom. The summed E-state index contributed by atoms with van der Waals surface area (Å²) < 4.78 is 11.2. The molecule has 1 fully saturated rings. The molecule has 5 nitrogen and oxygen atoms in total. The first-order valence-electron chi connectivity index (χ1n) is 4.78. The minimum absolute atomic E-state index is 0.0645. The minimum atomic E-state index is -0.0936. The van der Waals surface area contributed by atoms with Crippen molar-refractivity contribution in [3.63, 3.8) is 0 Å². The maximum Gasteiger partial charge on any atom is 0.0870 e. The van der Waals surface area contributed by atoms with Crippen molar-refractivity contribution in [2.45, 2.75) is 33.0 Å². The molecular formula is C9H17N3O2. The van der Waals surface area contributed by atoms with Crippen LogP contribution in [0.25, 0.3) is 10.4 Å². The van der Waals surface area contributed by atoms with Gasteiger partial charge in [0, 0.05) is 4.91 Å². The molecule has 1 rings (SSSR count). The van der Waals surface area contributed by atoms with Gasteiger partial charge in [0.15, 0.2) is 0 Å². The van der Waals surface area contributed by atoms with Gasteiger partial charge in [0.05, 0.1) is 32.0 Å². The molecule has 0 radical (unpaired) electrons. The fraction of sp³-hybridized carbons (Fsp3) is 1.00. The molecule has 0 bridgehead atoms. The van der Waals surface area contributed by atoms with Crippen molar-refractivity contribution in [1.82, 2.24) is 0 Å². The zero-order chi connectivity index (χ0) is 10.6. The number of ether oxygens (including phenoxy) is 2. The van der Waals surface area contributed by atoms with E-state index in [1.807, 2.05) is 0 Å². The van der Waals surface area contributed by atoms with Crippen molar-refractivity contribution < 1.29 is 9.47 Å². The van der Waals surface area contributed by atoms with E-state index in [1.165, 1.54) is 0 Å². The van der Waals surface area contributed by atoms with Gasteiger partial charge in [-0.25, -0.2) is 0 Å². The molecule has 0 saturated carbocycles. The molecule has 1 aliphatic heterocycles. The zero-order valence-corrected chi connectivity index (χ0v) is 8.93. The van der Waals surface area contributed by atoms with E-state index in [0.29, 0.717) is 19.8 Å². The van der Waals surface area contributed by atoms with Gasteiger partial charge in [-0.05, 0) is 10.9 Å². The van der Waals surface area contributed by atoms with Crippen LogP contribution >= 0.6 is 0 Å². The van der Waals surface area contributed by atoms with E-state index in [1.54, 1.807) is 0 Å². The molecule has 2 unspecified atom stereocenters. The average Bonchev–Trinajstić information content (AvgIpc) is 2.14. The lowest BCUT2D eigenvalue weighted by Gasteiger charge is -2.37. The quantitative estimate of drug-likeness (QED) is 0.388. The van der Waals surface area contributed by atoms with E-state index in [4.69, 9.17) is 15.0 Å². The Morgan fingerprint density at radius 3 is 2.71 bits per heavy atom. The van der Waals surface area contributed by atoms with Crippen LogP contribution in [0.4, 0.5) is 0 Å². The molecule has 1 aliphatic rings. The number of hydrogen-bond donors (Lipinski definition) is 0. The van der Waals surface area contributed by atoms with Gasteiger partial charge in [0.1, 0.15) is 0 Å². The molecule has 0 aromatic carbocycles. The lowest BCUT2D eigenvalue weighted by Crippen LogP contribution is -2.44. The maximum atomic E-state index is 8.18. The highest BCUT2D eigenvalue weighted by Crippen LogP contribution is 2.26. The fourth-order valence-electron chi connectivity index (χ4n) is 1.29. The van der Waals surface area contributed by atoms with Crippen molar-refractivity contribution in [3.8, 4) is 0 Å². The highest BCUT2D eigenvalue weighted by atomic mass is 16.6. The van der Waals surface area contributed by atoms with Gasteiger partial charge in [0.2, 0.25) is 0 Å². The lowest BCUT2D eigenvalue weighted by molar-refractivity contribution is -0.167. The Bertz CT molecular complexity index is 231. The third kappa shape index (κ3) is 3.18. The molecule has 0 N–H and O–H groups in total. The van der Waals surface area contributed by atoms with Crippen molar-refractivity contribution in [1.29, 1.82) is 0 Å². The van der Waals surface area contributed by atoms with Gasteiger partial charge >= 0.3 is 0 Å². The standard InChI is InChI=1S/C9H17N3O2/c1-9(2,3)8-6-13-5-7(14-8)4-11-12-10/h7-8H,4-6H2,1-3H3. The van der Waals surface area contributed by atoms with Crippen LogP contribution in [0.1, 0.15) is 20.8 Å². The van der Waals surface area contributed by atoms with Gasteiger partial charge < -0.3 is 9.47 Å². The largest absolute Gasteiger partial charge is 0.376 e. The van der Waals surface area contributed by atoms with Gasteiger partial charge in [-0.2, -0.15) is 0 Å². The number of azide groups is 1. The first-order valence-corrected chi connectivity index (χ1v) is 4.78. The molecule has 14 heavy (non-hydrogen) atoms. The SMILES string of the molecule is CC(C)(C)C1COCC(CN=[N+]=[N-])O1. The summed E-state index contributed by atoms with van der Waals surface area (Å²) in [5.74, 6) is 0. The molecule has 2 atom stereocenters. The van der Waals surface area contributed by atoms with E-state index < -0.39 is 0 Å². The van der Waals surface area contributed by atoms with E-state index in [-0.39, 0.29) is 17.6 Å². The van der Waals surface area contributed by atoms with Gasteiger partial charge in [-0.3, -0.25) is 0 Å². The molecule has 0 aromatic rings. The second kappa shape index (κ2) is 4.64. The summed E-state index contributed by atoms with van der Waals surface area (Å²) >= 11 is 0. The third-order valence-electron chi connectivity index (χ3n) is 2.24. The molecule has 0 aromatic heterocycles. The lowest BCUT2D eigenvalue weighted by atomic mass is 9.89. The Kier molecular flexibility index (Phi) is 3.75. The summed E-state index contributed by atoms with van der Waals surface area (Å²) in [6, 6.07) is 0. The minimum Gasteiger partial charge on any atom is -0.376 e. The van der Waals surface area contributed by atoms with Gasteiger partial charge in [0.25, 0.3) is 0 Å². The molecule has 1 saturated heterocycles. The monoisotopic (exact) mass is 199 g/mol. The summed E-state index contributed by atoms with van der Waals surface area (Å²) in [5, 5.41) is 3.49. The average molecular weight is 199 g/mol. The number of rotatable bonds is 2. The predicted molar refractivity (Wildman–Crippen MR) is 52.9 cm³/mol. The second-order valence-corrected chi connectivity index (χ2v) is 4.56. The van der Waals surface area contributed by atoms with Crippen LogP contribution in [0.3, 0.4) is 0 Å². The van der Waals surface area contributed by atoms with Crippen LogP contribution in [0.15, 0.2) is 5.11 Å². The molecule has 0 aliphatic carbocycles. The summed E-state index contributed by atoms with van der Waals surface area (Å²) in [7, 11) is 0. The molecule has 0 spiro atoms. The van der Waals surface area contributed by atoms with Gasteiger partial charge in [-0.1, -0.05) is 25.9 Å². The van der Waals surface area contributed by atoms with Crippen LogP contribution in [0.5, 0.6) is 0 Å². The number of nitrogens with zero attached hydrogens (tertiary/aromatic N) is 3. The first-order chi connectivity index (χ1) is 6.54. The molecule has 5 heteroatoms. The summed E-state index contributed by atoms with van der Waals surface area (Å²) in [5.41, 5.74) is 8.25. The Labute approximate surface area is 84.0 Å². The van der Waals surface area contributed by atoms with Crippen molar-refractivity contribution in [2.24, 2.45) is 10.5 Å². The molecule has 1 heterocycles. The Hall–Kier alpha value is -0.770. The van der Waals surface area contributed by atoms with Crippen molar-refractivity contribution in [3.05, 3.63) is 10.4 Å². The Balaban J connectivity index is 2.47. The molecule has 0 amide bonds. The predicted octanol–water partition coefficient (Wildman–Crippen LogP) is 2.13. The first kappa shape index (κ1) is 11.3. The zero-order valence-electron chi connectivity index (χ0n) is 8.93. The Morgan fingerprint density at radius 2 is 2.14 bits per heavy atom. The highest BCUT2D eigenvalue weighted by Gasteiger charge is 2.31. The summed E-state index contributed by atoms with van der Waals surface area (Å²) in [6.45, 7) is 7.82. The third-order valence-corrected chi connectivity index (χ3v) is 2.24. The van der Waals surface area contributed by atoms with E-state index in [0.717, 1.165) is 0 Å². The van der Waals surface area contributed by atoms with Crippen molar-refractivity contribution >= 4 is 0 Å². The normalized spacial score (nSPS) is 28.2. The van der Waals surface area contributed by atoms with E-state index >= 15 is 0 Å². The maximum absolute atomic E-state index is 8.18. The van der Waals surface area contributed by atoms with E-state index in [9.17, 15) is 0 Å².